The fraction of sp³-hybridized carbons (Fsp3) is 0.333. The standard InChI is InChI=1S/C18H20FN5O/c1-3-20-18-15-10-21-14(6-12(15)8-23-18)7-17(25)24-11(2)16-5-4-13(19)9-22-16/h4-6,9-11H,3,7-8H2,1-2H3,(H,20,23)(H,24,25). The second kappa shape index (κ2) is 7.38. The normalized spacial score (nSPS) is 13.8. The summed E-state index contributed by atoms with van der Waals surface area (Å²) >= 11 is 0. The van der Waals surface area contributed by atoms with Crippen LogP contribution in [0.2, 0.25) is 0 Å². The van der Waals surface area contributed by atoms with Crippen molar-refractivity contribution in [1.82, 2.24) is 20.6 Å². The van der Waals surface area contributed by atoms with Gasteiger partial charge in [0.2, 0.25) is 5.91 Å². The smallest absolute Gasteiger partial charge is 0.226 e. The highest BCUT2D eigenvalue weighted by molar-refractivity contribution is 6.01. The summed E-state index contributed by atoms with van der Waals surface area (Å²) in [6.07, 6.45) is 3.08. The van der Waals surface area contributed by atoms with Crippen molar-refractivity contribution in [3.05, 3.63) is 58.9 Å². The molecular weight excluding hydrogens is 321 g/mol. The summed E-state index contributed by atoms with van der Waals surface area (Å²) < 4.78 is 12.9. The summed E-state index contributed by atoms with van der Waals surface area (Å²) in [5.74, 6) is 0.303. The maximum Gasteiger partial charge on any atom is 0.226 e. The van der Waals surface area contributed by atoms with Gasteiger partial charge < -0.3 is 10.6 Å². The lowest BCUT2D eigenvalue weighted by molar-refractivity contribution is -0.121. The van der Waals surface area contributed by atoms with Gasteiger partial charge >= 0.3 is 0 Å². The molecular formula is C18H20FN5O. The molecule has 0 spiro atoms. The molecule has 0 saturated heterocycles. The van der Waals surface area contributed by atoms with E-state index in [0.29, 0.717) is 17.9 Å². The molecule has 130 valence electrons. The molecule has 0 saturated carbocycles. The molecule has 3 heterocycles. The van der Waals surface area contributed by atoms with Gasteiger partial charge in [-0.3, -0.25) is 19.8 Å². The van der Waals surface area contributed by atoms with E-state index < -0.39 is 5.82 Å². The number of amidine groups is 1. The number of fused-ring (bicyclic) bond motifs is 1. The highest BCUT2D eigenvalue weighted by atomic mass is 19.1. The van der Waals surface area contributed by atoms with Crippen molar-refractivity contribution in [3.63, 3.8) is 0 Å². The predicted octanol–water partition coefficient (Wildman–Crippen LogP) is 1.91. The van der Waals surface area contributed by atoms with Crippen LogP contribution in [0, 0.1) is 5.82 Å². The number of nitrogens with one attached hydrogen (secondary N) is 2. The van der Waals surface area contributed by atoms with E-state index in [2.05, 4.69) is 25.6 Å². The molecule has 1 unspecified atom stereocenters. The highest BCUT2D eigenvalue weighted by Crippen LogP contribution is 2.18. The number of carbonyl (C=O) groups excluding carboxylic acids is 1. The SMILES string of the molecule is CCNC1=NCc2cc(CC(=O)NC(C)c3ccc(F)cn3)ncc21. The summed E-state index contributed by atoms with van der Waals surface area (Å²) in [4.78, 5) is 25.0. The first-order valence-corrected chi connectivity index (χ1v) is 8.24. The van der Waals surface area contributed by atoms with Gasteiger partial charge in [-0.05, 0) is 37.6 Å². The molecule has 2 N–H and O–H groups in total. The van der Waals surface area contributed by atoms with E-state index in [0.717, 1.165) is 29.7 Å². The van der Waals surface area contributed by atoms with Crippen LogP contribution in [0.25, 0.3) is 0 Å². The first kappa shape index (κ1) is 17.0. The fourth-order valence-corrected chi connectivity index (χ4v) is 2.73. The van der Waals surface area contributed by atoms with Crippen LogP contribution in [0.1, 0.15) is 42.4 Å². The Kier molecular flexibility index (Phi) is 5.02. The number of hydrogen-bond donors (Lipinski definition) is 2. The summed E-state index contributed by atoms with van der Waals surface area (Å²) in [6.45, 7) is 5.23. The molecule has 25 heavy (non-hydrogen) atoms. The van der Waals surface area contributed by atoms with Crippen molar-refractivity contribution in [2.24, 2.45) is 4.99 Å². The van der Waals surface area contributed by atoms with Crippen molar-refractivity contribution >= 4 is 11.7 Å². The summed E-state index contributed by atoms with van der Waals surface area (Å²) in [5.41, 5.74) is 3.38. The number of amides is 1. The van der Waals surface area contributed by atoms with Gasteiger partial charge in [0.05, 0.1) is 36.6 Å². The van der Waals surface area contributed by atoms with Gasteiger partial charge in [0.15, 0.2) is 0 Å². The third-order valence-electron chi connectivity index (χ3n) is 3.97. The zero-order chi connectivity index (χ0) is 17.8. The summed E-state index contributed by atoms with van der Waals surface area (Å²) in [5, 5.41) is 6.06. The quantitative estimate of drug-likeness (QED) is 0.871. The lowest BCUT2D eigenvalue weighted by Crippen LogP contribution is -2.29. The molecule has 2 aromatic rings. The van der Waals surface area contributed by atoms with E-state index >= 15 is 0 Å². The van der Waals surface area contributed by atoms with E-state index in [9.17, 15) is 9.18 Å². The summed E-state index contributed by atoms with van der Waals surface area (Å²) in [6, 6.07) is 4.51. The number of nitrogens with zero attached hydrogens (tertiary/aromatic N) is 3. The number of hydrogen-bond acceptors (Lipinski definition) is 5. The molecule has 1 aliphatic heterocycles. The van der Waals surface area contributed by atoms with Crippen LogP contribution >= 0.6 is 0 Å². The molecule has 7 heteroatoms. The number of aromatic nitrogens is 2. The van der Waals surface area contributed by atoms with Crippen molar-refractivity contribution < 1.29 is 9.18 Å². The molecule has 0 aliphatic carbocycles. The Morgan fingerprint density at radius 2 is 2.16 bits per heavy atom. The first-order chi connectivity index (χ1) is 12.1. The van der Waals surface area contributed by atoms with Gasteiger partial charge in [0.1, 0.15) is 11.7 Å². The lowest BCUT2D eigenvalue weighted by atomic mass is 10.1. The van der Waals surface area contributed by atoms with Crippen molar-refractivity contribution in [2.45, 2.75) is 32.9 Å². The molecule has 0 bridgehead atoms. The molecule has 0 aromatic carbocycles. The van der Waals surface area contributed by atoms with E-state index in [1.54, 1.807) is 12.3 Å². The van der Waals surface area contributed by atoms with Gasteiger partial charge in [0.25, 0.3) is 0 Å². The van der Waals surface area contributed by atoms with Crippen LogP contribution in [-0.2, 0) is 17.8 Å². The van der Waals surface area contributed by atoms with Gasteiger partial charge in [-0.15, -0.1) is 0 Å². The predicted molar refractivity (Wildman–Crippen MR) is 92.6 cm³/mol. The third-order valence-corrected chi connectivity index (χ3v) is 3.97. The van der Waals surface area contributed by atoms with Crippen molar-refractivity contribution in [3.8, 4) is 0 Å². The Morgan fingerprint density at radius 1 is 1.32 bits per heavy atom. The minimum absolute atomic E-state index is 0.156. The minimum Gasteiger partial charge on any atom is -0.370 e. The molecule has 3 rings (SSSR count). The van der Waals surface area contributed by atoms with Gasteiger partial charge in [-0.1, -0.05) is 0 Å². The highest BCUT2D eigenvalue weighted by Gasteiger charge is 2.18. The summed E-state index contributed by atoms with van der Waals surface area (Å²) in [7, 11) is 0. The number of aliphatic imine (C=N–C) groups is 1. The Labute approximate surface area is 145 Å². The maximum atomic E-state index is 12.9. The Balaban J connectivity index is 1.61. The zero-order valence-electron chi connectivity index (χ0n) is 14.2. The average Bonchev–Trinajstić information content (AvgIpc) is 2.98. The monoisotopic (exact) mass is 341 g/mol. The zero-order valence-corrected chi connectivity index (χ0v) is 14.2. The number of carbonyl (C=O) groups is 1. The molecule has 2 aromatic heterocycles. The number of pyridine rings is 2. The first-order valence-electron chi connectivity index (χ1n) is 8.24. The topological polar surface area (TPSA) is 79.3 Å². The average molecular weight is 341 g/mol. The van der Waals surface area contributed by atoms with Crippen LogP contribution in [-0.4, -0.2) is 28.3 Å². The largest absolute Gasteiger partial charge is 0.370 e. The fourth-order valence-electron chi connectivity index (χ4n) is 2.73. The molecule has 0 fully saturated rings. The van der Waals surface area contributed by atoms with E-state index in [4.69, 9.17) is 0 Å². The second-order valence-electron chi connectivity index (χ2n) is 5.90. The van der Waals surface area contributed by atoms with E-state index in [-0.39, 0.29) is 18.4 Å². The van der Waals surface area contributed by atoms with E-state index in [1.807, 2.05) is 19.9 Å². The van der Waals surface area contributed by atoms with Gasteiger partial charge in [-0.25, -0.2) is 4.39 Å². The van der Waals surface area contributed by atoms with Crippen LogP contribution in [0.5, 0.6) is 0 Å². The molecule has 6 nitrogen and oxygen atoms in total. The van der Waals surface area contributed by atoms with Crippen LogP contribution in [0.15, 0.2) is 35.6 Å². The van der Waals surface area contributed by atoms with Gasteiger partial charge in [-0.2, -0.15) is 0 Å². The van der Waals surface area contributed by atoms with Crippen LogP contribution in [0.3, 0.4) is 0 Å². The van der Waals surface area contributed by atoms with Crippen LogP contribution < -0.4 is 10.6 Å². The maximum absolute atomic E-state index is 12.9. The molecule has 1 atom stereocenters. The van der Waals surface area contributed by atoms with E-state index in [1.165, 1.54) is 6.07 Å². The lowest BCUT2D eigenvalue weighted by Gasteiger charge is -2.13. The Morgan fingerprint density at radius 3 is 2.88 bits per heavy atom. The molecule has 1 amide bonds. The van der Waals surface area contributed by atoms with Crippen LogP contribution in [0.4, 0.5) is 4.39 Å². The third kappa shape index (κ3) is 3.99. The Hall–Kier alpha value is -2.83. The molecule has 0 radical (unpaired) electrons. The Bertz CT molecular complexity index is 804. The minimum atomic E-state index is -0.399. The second-order valence-corrected chi connectivity index (χ2v) is 5.90. The van der Waals surface area contributed by atoms with Crippen molar-refractivity contribution in [2.75, 3.05) is 6.54 Å². The number of halogens is 1. The van der Waals surface area contributed by atoms with Gasteiger partial charge in [0, 0.05) is 18.3 Å². The molecule has 1 aliphatic rings. The van der Waals surface area contributed by atoms with Crippen molar-refractivity contribution in [1.29, 1.82) is 0 Å². The number of rotatable bonds is 5.